The molecular formula is C50H33BrN8O2. The number of benzene rings is 4. The maximum atomic E-state index is 11.5. The van der Waals surface area contributed by atoms with Gasteiger partial charge in [0.1, 0.15) is 22.8 Å². The SMILES string of the molecule is Brc1cccc(-c2ccccn2)c1.O=c1ccc2c(c1)c1nccn1c1ccc[nH]c21.c1ccc(-c2cccc(Oc3ccc4c(c3)c3nccn3c3cccnc43)c2)nc1. The van der Waals surface area contributed by atoms with Gasteiger partial charge in [-0.05, 0) is 109 Å². The van der Waals surface area contributed by atoms with E-state index in [4.69, 9.17) is 4.74 Å². The molecule has 0 saturated heterocycles. The molecule has 11 heteroatoms. The van der Waals surface area contributed by atoms with Crippen LogP contribution in [0.2, 0.25) is 0 Å². The zero-order valence-electron chi connectivity index (χ0n) is 32.3. The number of aromatic nitrogens is 8. The fourth-order valence-corrected chi connectivity index (χ4v) is 7.91. The van der Waals surface area contributed by atoms with Crippen molar-refractivity contribution in [2.75, 3.05) is 0 Å². The maximum absolute atomic E-state index is 11.5. The third-order valence-electron chi connectivity index (χ3n) is 10.2. The second-order valence-electron chi connectivity index (χ2n) is 14.0. The average molecular weight is 858 g/mol. The van der Waals surface area contributed by atoms with Crippen LogP contribution in [0.5, 0.6) is 11.5 Å². The van der Waals surface area contributed by atoms with Gasteiger partial charge >= 0.3 is 0 Å². The van der Waals surface area contributed by atoms with Crippen molar-refractivity contribution in [2.45, 2.75) is 0 Å². The molecule has 12 rings (SSSR count). The maximum Gasteiger partial charge on any atom is 0.179 e. The van der Waals surface area contributed by atoms with Crippen molar-refractivity contribution >= 4 is 70.8 Å². The summed E-state index contributed by atoms with van der Waals surface area (Å²) < 4.78 is 11.3. The number of hydrogen-bond donors (Lipinski definition) is 1. The largest absolute Gasteiger partial charge is 0.457 e. The Labute approximate surface area is 356 Å². The van der Waals surface area contributed by atoms with E-state index in [-0.39, 0.29) is 5.43 Å². The Balaban J connectivity index is 0.000000121. The molecule has 0 radical (unpaired) electrons. The molecule has 0 aliphatic carbocycles. The van der Waals surface area contributed by atoms with Gasteiger partial charge in [-0.2, -0.15) is 0 Å². The van der Waals surface area contributed by atoms with Gasteiger partial charge in [-0.15, -0.1) is 0 Å². The van der Waals surface area contributed by atoms with Crippen molar-refractivity contribution in [3.63, 3.8) is 0 Å². The lowest BCUT2D eigenvalue weighted by atomic mass is 10.1. The van der Waals surface area contributed by atoms with Crippen LogP contribution >= 0.6 is 15.9 Å². The normalized spacial score (nSPS) is 11.1. The van der Waals surface area contributed by atoms with Crippen LogP contribution in [0, 0.1) is 0 Å². The topological polar surface area (TPSA) is 115 Å². The average Bonchev–Trinajstić information content (AvgIpc) is 4.03. The van der Waals surface area contributed by atoms with Crippen LogP contribution in [-0.2, 0) is 0 Å². The highest BCUT2D eigenvalue weighted by Crippen LogP contribution is 2.33. The zero-order valence-corrected chi connectivity index (χ0v) is 33.9. The van der Waals surface area contributed by atoms with Crippen molar-refractivity contribution in [1.29, 1.82) is 0 Å². The molecule has 8 heterocycles. The third-order valence-corrected chi connectivity index (χ3v) is 10.7. The monoisotopic (exact) mass is 856 g/mol. The number of halogens is 1. The van der Waals surface area contributed by atoms with Crippen molar-refractivity contribution in [3.05, 3.63) is 210 Å². The first-order valence-corrected chi connectivity index (χ1v) is 20.2. The van der Waals surface area contributed by atoms with E-state index in [9.17, 15) is 4.79 Å². The summed E-state index contributed by atoms with van der Waals surface area (Å²) in [6, 6.07) is 47.0. The number of rotatable bonds is 4. The fourth-order valence-electron chi connectivity index (χ4n) is 7.51. The van der Waals surface area contributed by atoms with Crippen LogP contribution in [0.15, 0.2) is 204 Å². The number of aromatic amines is 1. The van der Waals surface area contributed by atoms with Crippen LogP contribution in [0.25, 0.3) is 77.4 Å². The lowest BCUT2D eigenvalue weighted by Gasteiger charge is -2.11. The third kappa shape index (κ3) is 7.45. The van der Waals surface area contributed by atoms with Crippen molar-refractivity contribution in [2.24, 2.45) is 0 Å². The van der Waals surface area contributed by atoms with Gasteiger partial charge in [-0.1, -0.05) is 52.3 Å². The minimum Gasteiger partial charge on any atom is -0.457 e. The first-order chi connectivity index (χ1) is 30.1. The number of fused-ring (bicyclic) bond motifs is 12. The van der Waals surface area contributed by atoms with Gasteiger partial charge in [-0.3, -0.25) is 28.5 Å². The lowest BCUT2D eigenvalue weighted by molar-refractivity contribution is 0.483. The van der Waals surface area contributed by atoms with Crippen molar-refractivity contribution in [3.8, 4) is 34.0 Å². The molecule has 0 bridgehead atoms. The van der Waals surface area contributed by atoms with Gasteiger partial charge in [0.25, 0.3) is 0 Å². The highest BCUT2D eigenvalue weighted by atomic mass is 79.9. The summed E-state index contributed by atoms with van der Waals surface area (Å²) in [4.78, 5) is 37.0. The molecule has 8 aromatic heterocycles. The fraction of sp³-hybridized carbons (Fsp3) is 0. The molecule has 0 atom stereocenters. The van der Waals surface area contributed by atoms with E-state index in [2.05, 4.69) is 68.4 Å². The van der Waals surface area contributed by atoms with E-state index < -0.39 is 0 Å². The van der Waals surface area contributed by atoms with Crippen LogP contribution < -0.4 is 10.2 Å². The van der Waals surface area contributed by atoms with E-state index >= 15 is 0 Å². The molecule has 0 unspecified atom stereocenters. The molecule has 0 amide bonds. The smallest absolute Gasteiger partial charge is 0.179 e. The minimum absolute atomic E-state index is 0.00248. The number of nitrogens with zero attached hydrogens (tertiary/aromatic N) is 7. The summed E-state index contributed by atoms with van der Waals surface area (Å²) >= 11 is 3.43. The molecule has 0 spiro atoms. The highest BCUT2D eigenvalue weighted by molar-refractivity contribution is 9.10. The summed E-state index contributed by atoms with van der Waals surface area (Å²) in [5.74, 6) is 1.51. The molecule has 0 aliphatic rings. The number of pyridine rings is 6. The molecule has 292 valence electrons. The number of ether oxygens (including phenoxy) is 1. The van der Waals surface area contributed by atoms with Gasteiger partial charge in [0.05, 0.1) is 33.5 Å². The Morgan fingerprint density at radius 2 is 1.15 bits per heavy atom. The highest BCUT2D eigenvalue weighted by Gasteiger charge is 2.12. The van der Waals surface area contributed by atoms with Crippen LogP contribution in [0.3, 0.4) is 0 Å². The molecule has 0 aliphatic heterocycles. The summed E-state index contributed by atoms with van der Waals surface area (Å²) in [5, 5.41) is 3.95. The first kappa shape index (κ1) is 37.3. The first-order valence-electron chi connectivity index (χ1n) is 19.4. The predicted octanol–water partition coefficient (Wildman–Crippen LogP) is 11.7. The number of hydrogen-bond acceptors (Lipinski definition) is 7. The van der Waals surface area contributed by atoms with Gasteiger partial charge < -0.3 is 9.72 Å². The number of nitrogens with one attached hydrogen (secondary N) is 1. The van der Waals surface area contributed by atoms with E-state index in [1.54, 1.807) is 30.7 Å². The molecule has 4 aromatic carbocycles. The molecule has 0 saturated carbocycles. The molecule has 12 aromatic rings. The zero-order chi connectivity index (χ0) is 41.1. The van der Waals surface area contributed by atoms with Crippen molar-refractivity contribution in [1.82, 2.24) is 38.7 Å². The number of imidazole rings is 2. The molecule has 0 fully saturated rings. The standard InChI is InChI=1S/C25H16N4O.C14H9N3O.C11H8BrN/c1-2-11-26-22(7-1)17-5-3-6-18(15-17)30-19-9-10-20-21(16-19)25-28-13-14-29(25)23-8-4-12-27-24(20)23;18-9-3-4-10-11(8-9)14-16-6-7-17(14)12-2-1-5-15-13(10)12;12-10-5-3-4-9(8-10)11-6-1-2-7-13-11/h1-16H;1-8,15H;1-8H. The van der Waals surface area contributed by atoms with Crippen LogP contribution in [-0.4, -0.2) is 38.7 Å². The van der Waals surface area contributed by atoms with E-state index in [1.165, 1.54) is 0 Å². The van der Waals surface area contributed by atoms with Gasteiger partial charge in [0.2, 0.25) is 0 Å². The Morgan fingerprint density at radius 1 is 0.492 bits per heavy atom. The number of H-pyrrole nitrogens is 1. The Kier molecular flexibility index (Phi) is 9.97. The lowest BCUT2D eigenvalue weighted by Crippen LogP contribution is -1.98. The summed E-state index contributed by atoms with van der Waals surface area (Å²) in [5.41, 5.74) is 9.82. The summed E-state index contributed by atoms with van der Waals surface area (Å²) in [7, 11) is 0. The Morgan fingerprint density at radius 3 is 1.89 bits per heavy atom. The molecule has 10 nitrogen and oxygen atoms in total. The van der Waals surface area contributed by atoms with Crippen LogP contribution in [0.4, 0.5) is 0 Å². The second kappa shape index (κ2) is 16.3. The Bertz CT molecular complexity index is 3570. The molecule has 61 heavy (non-hydrogen) atoms. The van der Waals surface area contributed by atoms with E-state index in [0.29, 0.717) is 0 Å². The molecule has 1 N–H and O–H groups in total. The minimum atomic E-state index is 0.00248. The van der Waals surface area contributed by atoms with Crippen LogP contribution in [0.1, 0.15) is 0 Å². The summed E-state index contributed by atoms with van der Waals surface area (Å²) in [6.45, 7) is 0. The molecular weight excluding hydrogens is 825 g/mol. The van der Waals surface area contributed by atoms with E-state index in [0.717, 1.165) is 93.4 Å². The summed E-state index contributed by atoms with van der Waals surface area (Å²) in [6.07, 6.45) is 14.7. The van der Waals surface area contributed by atoms with E-state index in [1.807, 2.05) is 151 Å². The van der Waals surface area contributed by atoms with Gasteiger partial charge in [0, 0.05) is 86.7 Å². The quantitative estimate of drug-likeness (QED) is 0.175. The van der Waals surface area contributed by atoms with Gasteiger partial charge in [-0.25, -0.2) is 9.97 Å². The van der Waals surface area contributed by atoms with Gasteiger partial charge in [0.15, 0.2) is 5.43 Å². The van der Waals surface area contributed by atoms with Crippen molar-refractivity contribution < 1.29 is 4.74 Å². The Hall–Kier alpha value is -8.02. The second-order valence-corrected chi connectivity index (χ2v) is 14.9. The predicted molar refractivity (Wildman–Crippen MR) is 246 cm³/mol.